The van der Waals surface area contributed by atoms with Crippen LogP contribution in [0.5, 0.6) is 0 Å². The topological polar surface area (TPSA) is 50.5 Å². The summed E-state index contributed by atoms with van der Waals surface area (Å²) in [5, 5.41) is 13.7. The maximum atomic E-state index is 11.1. The van der Waals surface area contributed by atoms with Crippen LogP contribution in [0.25, 0.3) is 9.69 Å². The zero-order chi connectivity index (χ0) is 21.7. The molecule has 0 aromatic rings. The SMILES string of the molecule is [C-]#[N+][C@H]1[C@@H]2[C@@H](CC[C@]1(C)O)[C@@](C)(N=C=S)CC[C@H]2[C@]1(C)CC[C@H](C(C)(C)[N+]#[C-])O1. The highest BCUT2D eigenvalue weighted by Crippen LogP contribution is 2.58. The Hall–Kier alpha value is -1.30. The predicted octanol–water partition coefficient (Wildman–Crippen LogP) is 4.96. The summed E-state index contributed by atoms with van der Waals surface area (Å²) in [6, 6.07) is -0.487. The molecule has 1 N–H and O–H groups in total. The van der Waals surface area contributed by atoms with E-state index in [2.05, 4.69) is 33.7 Å². The summed E-state index contributed by atoms with van der Waals surface area (Å²) in [7, 11) is 0. The molecule has 2 aliphatic carbocycles. The van der Waals surface area contributed by atoms with E-state index >= 15 is 0 Å². The van der Waals surface area contributed by atoms with E-state index in [0.29, 0.717) is 6.42 Å². The minimum absolute atomic E-state index is 0.0121. The van der Waals surface area contributed by atoms with Crippen LogP contribution in [0.15, 0.2) is 4.99 Å². The first-order valence-corrected chi connectivity index (χ1v) is 11.1. The van der Waals surface area contributed by atoms with Crippen molar-refractivity contribution in [3.63, 3.8) is 0 Å². The van der Waals surface area contributed by atoms with E-state index in [4.69, 9.17) is 30.1 Å². The zero-order valence-corrected chi connectivity index (χ0v) is 19.1. The molecule has 0 amide bonds. The molecule has 0 aromatic carbocycles. The van der Waals surface area contributed by atoms with Gasteiger partial charge in [-0.2, -0.15) is 0 Å². The number of hydrogen-bond acceptors (Lipinski definition) is 4. The van der Waals surface area contributed by atoms with Gasteiger partial charge < -0.3 is 19.5 Å². The molecular weight excluding hydrogens is 382 g/mol. The first-order chi connectivity index (χ1) is 13.4. The van der Waals surface area contributed by atoms with Crippen LogP contribution < -0.4 is 0 Å². The minimum atomic E-state index is -1.01. The van der Waals surface area contributed by atoms with Gasteiger partial charge in [0.05, 0.1) is 16.3 Å². The Morgan fingerprint density at radius 3 is 2.34 bits per heavy atom. The summed E-state index contributed by atoms with van der Waals surface area (Å²) < 4.78 is 6.62. The number of fused-ring (bicyclic) bond motifs is 1. The van der Waals surface area contributed by atoms with Gasteiger partial charge in [-0.1, -0.05) is 0 Å². The van der Waals surface area contributed by atoms with Gasteiger partial charge in [-0.25, -0.2) is 18.1 Å². The first-order valence-electron chi connectivity index (χ1n) is 10.7. The molecule has 0 unspecified atom stereocenters. The maximum absolute atomic E-state index is 11.1. The van der Waals surface area contributed by atoms with Gasteiger partial charge in [-0.3, -0.25) is 0 Å². The second-order valence-electron chi connectivity index (χ2n) is 10.6. The van der Waals surface area contributed by atoms with Crippen molar-refractivity contribution in [1.29, 1.82) is 0 Å². The first kappa shape index (κ1) is 22.4. The number of ether oxygens (including phenoxy) is 1. The Balaban J connectivity index is 2.00. The molecule has 0 bridgehead atoms. The Morgan fingerprint density at radius 1 is 1.10 bits per heavy atom. The molecule has 158 valence electrons. The number of isothiocyanates is 1. The van der Waals surface area contributed by atoms with Crippen LogP contribution in [0.4, 0.5) is 0 Å². The number of aliphatic imine (C=N–C) groups is 1. The van der Waals surface area contributed by atoms with E-state index in [0.717, 1.165) is 32.1 Å². The number of aliphatic hydroxyl groups is 1. The number of nitrogens with zero attached hydrogens (tertiary/aromatic N) is 3. The summed E-state index contributed by atoms with van der Waals surface area (Å²) in [5.74, 6) is 0.310. The van der Waals surface area contributed by atoms with E-state index in [1.165, 1.54) is 0 Å². The predicted molar refractivity (Wildman–Crippen MR) is 117 cm³/mol. The zero-order valence-electron chi connectivity index (χ0n) is 18.2. The average molecular weight is 416 g/mol. The molecule has 6 heteroatoms. The van der Waals surface area contributed by atoms with Gasteiger partial charge in [0, 0.05) is 19.8 Å². The standard InChI is InChI=1S/C23H33N3O2S/c1-20(2,25-7)17-10-13-23(5,28-17)16-8-11-21(3,26-14-29)15-9-12-22(4,27)19(24-6)18(15)16/h15-19,27H,8-13H2,1-5H3/t15-,16-,17-,18-,19+,21+,22+,23+/m1/s1. The molecule has 1 heterocycles. The van der Waals surface area contributed by atoms with E-state index in [1.54, 1.807) is 6.92 Å². The van der Waals surface area contributed by atoms with Crippen LogP contribution >= 0.6 is 12.2 Å². The maximum Gasteiger partial charge on any atom is 0.255 e. The Bertz CT molecular complexity index is 791. The van der Waals surface area contributed by atoms with E-state index in [-0.39, 0.29) is 29.4 Å². The normalized spacial score (nSPS) is 47.4. The van der Waals surface area contributed by atoms with Gasteiger partial charge in [0.2, 0.25) is 0 Å². The number of thiocarbonyl (C=S) groups is 1. The summed E-state index contributed by atoms with van der Waals surface area (Å²) in [4.78, 5) is 12.3. The molecule has 0 spiro atoms. The Morgan fingerprint density at radius 2 is 1.76 bits per heavy atom. The quantitative estimate of drug-likeness (QED) is 0.403. The van der Waals surface area contributed by atoms with Crippen molar-refractivity contribution < 1.29 is 9.84 Å². The molecule has 1 saturated heterocycles. The van der Waals surface area contributed by atoms with Crippen molar-refractivity contribution in [3.05, 3.63) is 22.8 Å². The lowest BCUT2D eigenvalue weighted by atomic mass is 9.51. The van der Waals surface area contributed by atoms with Crippen LogP contribution in [0.3, 0.4) is 0 Å². The highest BCUT2D eigenvalue weighted by molar-refractivity contribution is 7.78. The molecule has 3 rings (SSSR count). The fourth-order valence-electron chi connectivity index (χ4n) is 6.36. The lowest BCUT2D eigenvalue weighted by Gasteiger charge is -2.55. The van der Waals surface area contributed by atoms with Crippen molar-refractivity contribution in [2.45, 2.75) is 108 Å². The molecule has 1 aliphatic heterocycles. The summed E-state index contributed by atoms with van der Waals surface area (Å²) in [5.41, 5.74) is -2.30. The molecule has 29 heavy (non-hydrogen) atoms. The lowest BCUT2D eigenvalue weighted by Crippen LogP contribution is -2.62. The van der Waals surface area contributed by atoms with Crippen LogP contribution in [0.2, 0.25) is 0 Å². The molecule has 0 radical (unpaired) electrons. The van der Waals surface area contributed by atoms with Crippen LogP contribution in [-0.4, -0.2) is 44.7 Å². The van der Waals surface area contributed by atoms with Gasteiger partial charge >= 0.3 is 0 Å². The third-order valence-corrected chi connectivity index (χ3v) is 8.36. The molecule has 5 nitrogen and oxygen atoms in total. The summed E-state index contributed by atoms with van der Waals surface area (Å²) >= 11 is 4.95. The monoisotopic (exact) mass is 415 g/mol. The highest BCUT2D eigenvalue weighted by Gasteiger charge is 2.64. The molecule has 2 saturated carbocycles. The number of rotatable bonds is 3. The van der Waals surface area contributed by atoms with Crippen molar-refractivity contribution in [2.75, 3.05) is 0 Å². The summed E-state index contributed by atoms with van der Waals surface area (Å²) in [6.07, 6.45) is 4.81. The highest BCUT2D eigenvalue weighted by atomic mass is 32.1. The molecular formula is C23H33N3O2S. The second-order valence-corrected chi connectivity index (χ2v) is 10.8. The van der Waals surface area contributed by atoms with Gasteiger partial charge in [0.25, 0.3) is 11.6 Å². The summed E-state index contributed by atoms with van der Waals surface area (Å²) in [6.45, 7) is 25.4. The Labute approximate surface area is 180 Å². The second kappa shape index (κ2) is 7.44. The molecule has 8 atom stereocenters. The third kappa shape index (κ3) is 3.66. The van der Waals surface area contributed by atoms with Gasteiger partial charge in [-0.05, 0) is 83.3 Å². The minimum Gasteiger partial charge on any atom is -0.382 e. The lowest BCUT2D eigenvalue weighted by molar-refractivity contribution is -0.150. The van der Waals surface area contributed by atoms with E-state index < -0.39 is 22.8 Å². The van der Waals surface area contributed by atoms with Gasteiger partial charge in [0.15, 0.2) is 0 Å². The molecule has 3 aliphatic rings. The Kier molecular flexibility index (Phi) is 5.74. The van der Waals surface area contributed by atoms with E-state index in [9.17, 15) is 5.11 Å². The fraction of sp³-hybridized carbons (Fsp3) is 0.870. The fourth-order valence-corrected chi connectivity index (χ4v) is 6.57. The van der Waals surface area contributed by atoms with Crippen molar-refractivity contribution in [3.8, 4) is 0 Å². The van der Waals surface area contributed by atoms with Crippen molar-refractivity contribution in [1.82, 2.24) is 0 Å². The molecule has 0 aromatic heterocycles. The molecule has 3 fully saturated rings. The third-order valence-electron chi connectivity index (χ3n) is 8.27. The number of hydrogen-bond donors (Lipinski definition) is 1. The van der Waals surface area contributed by atoms with Crippen LogP contribution in [0.1, 0.15) is 73.1 Å². The van der Waals surface area contributed by atoms with Crippen molar-refractivity contribution in [2.24, 2.45) is 22.7 Å². The smallest absolute Gasteiger partial charge is 0.255 e. The van der Waals surface area contributed by atoms with Crippen molar-refractivity contribution >= 4 is 17.4 Å². The largest absolute Gasteiger partial charge is 0.382 e. The van der Waals surface area contributed by atoms with Gasteiger partial charge in [0.1, 0.15) is 11.7 Å². The van der Waals surface area contributed by atoms with Crippen LogP contribution in [-0.2, 0) is 4.74 Å². The van der Waals surface area contributed by atoms with Crippen LogP contribution in [0, 0.1) is 30.9 Å². The average Bonchev–Trinajstić information content (AvgIpc) is 3.05. The van der Waals surface area contributed by atoms with E-state index in [1.807, 2.05) is 13.8 Å². The van der Waals surface area contributed by atoms with Gasteiger partial charge in [-0.15, -0.1) is 0 Å².